The number of hydrogen-bond donors (Lipinski definition) is 0. The molecule has 0 amide bonds. The summed E-state index contributed by atoms with van der Waals surface area (Å²) in [6.45, 7) is 7.29. The number of hydrogen-bond acceptors (Lipinski definition) is 3. The van der Waals surface area contributed by atoms with Gasteiger partial charge >= 0.3 is 0 Å². The highest BCUT2D eigenvalue weighted by molar-refractivity contribution is 7.91. The van der Waals surface area contributed by atoms with Crippen molar-refractivity contribution in [3.63, 3.8) is 0 Å². The molecule has 0 atom stereocenters. The fourth-order valence-electron chi connectivity index (χ4n) is 0.813. The molecule has 0 spiro atoms. The molecule has 3 nitrogen and oxygen atoms in total. The van der Waals surface area contributed by atoms with Gasteiger partial charge < -0.3 is 4.90 Å². The molecule has 1 aliphatic heterocycles. The van der Waals surface area contributed by atoms with Crippen LogP contribution >= 0.6 is 0 Å². The molecule has 1 saturated heterocycles. The van der Waals surface area contributed by atoms with E-state index in [2.05, 4.69) is 6.58 Å². The van der Waals surface area contributed by atoms with Gasteiger partial charge in [0, 0.05) is 24.5 Å². The first-order valence-electron chi connectivity index (χ1n) is 3.68. The van der Waals surface area contributed by atoms with Gasteiger partial charge in [-0.2, -0.15) is 0 Å². The Labute approximate surface area is 67.6 Å². The second kappa shape index (κ2) is 2.85. The molecule has 0 aromatic heterocycles. The minimum absolute atomic E-state index is 0.128. The first kappa shape index (κ1) is 8.59. The molecule has 0 aromatic rings. The smallest absolute Gasteiger partial charge is 0.155 e. The van der Waals surface area contributed by atoms with E-state index in [1.54, 1.807) is 6.92 Å². The van der Waals surface area contributed by atoms with E-state index in [9.17, 15) is 8.42 Å². The Balaban J connectivity index is 2.47. The molecule has 4 heteroatoms. The van der Waals surface area contributed by atoms with Crippen LogP contribution in [0.1, 0.15) is 6.92 Å². The van der Waals surface area contributed by atoms with E-state index < -0.39 is 9.84 Å². The zero-order chi connectivity index (χ0) is 8.48. The van der Waals surface area contributed by atoms with Gasteiger partial charge in [0.1, 0.15) is 0 Å². The van der Waals surface area contributed by atoms with E-state index in [1.807, 2.05) is 4.90 Å². The van der Waals surface area contributed by atoms with Gasteiger partial charge in [-0.3, -0.25) is 0 Å². The lowest BCUT2D eigenvalue weighted by Crippen LogP contribution is -2.14. The van der Waals surface area contributed by atoms with E-state index in [-0.39, 0.29) is 11.5 Å². The Kier molecular flexibility index (Phi) is 2.23. The molecule has 64 valence electrons. The highest BCUT2D eigenvalue weighted by Crippen LogP contribution is 2.14. The summed E-state index contributed by atoms with van der Waals surface area (Å²) in [5, 5.41) is 0. The summed E-state index contributed by atoms with van der Waals surface area (Å²) in [4.78, 5) is 1.97. The molecule has 1 rings (SSSR count). The predicted octanol–water partition coefficient (Wildman–Crippen LogP) is 0.250. The minimum atomic E-state index is -2.86. The predicted molar refractivity (Wildman–Crippen MR) is 45.0 cm³/mol. The molecular formula is C7H13NO2S. The summed E-state index contributed by atoms with van der Waals surface area (Å²) in [5.74, 6) is 0.337. The number of sulfone groups is 1. The Hall–Kier alpha value is -0.510. The standard InChI is InChI=1S/C7H13NO2S/c1-3-11(9,10)6-7(2)8-4-5-8/h2-6H2,1H3. The van der Waals surface area contributed by atoms with E-state index in [1.165, 1.54) is 0 Å². The fraction of sp³-hybridized carbons (Fsp3) is 0.714. The molecule has 0 aromatic carbocycles. The van der Waals surface area contributed by atoms with Crippen molar-refractivity contribution < 1.29 is 8.42 Å². The van der Waals surface area contributed by atoms with Crippen molar-refractivity contribution in [1.29, 1.82) is 0 Å². The molecule has 1 fully saturated rings. The van der Waals surface area contributed by atoms with Crippen molar-refractivity contribution in [2.24, 2.45) is 0 Å². The lowest BCUT2D eigenvalue weighted by Gasteiger charge is -2.05. The molecule has 11 heavy (non-hydrogen) atoms. The third-order valence-corrected chi connectivity index (χ3v) is 3.37. The van der Waals surface area contributed by atoms with E-state index in [0.717, 1.165) is 18.8 Å². The molecule has 0 radical (unpaired) electrons. The lowest BCUT2D eigenvalue weighted by atomic mass is 10.6. The first-order chi connectivity index (χ1) is 5.05. The molecule has 0 unspecified atom stereocenters. The Bertz CT molecular complexity index is 252. The van der Waals surface area contributed by atoms with Crippen LogP contribution in [0.25, 0.3) is 0 Å². The van der Waals surface area contributed by atoms with Crippen molar-refractivity contribution >= 4 is 9.84 Å². The van der Waals surface area contributed by atoms with Crippen LogP contribution in [0.2, 0.25) is 0 Å². The molecule has 0 N–H and O–H groups in total. The second-order valence-electron chi connectivity index (χ2n) is 2.73. The van der Waals surface area contributed by atoms with Crippen molar-refractivity contribution in [2.75, 3.05) is 24.6 Å². The van der Waals surface area contributed by atoms with Crippen LogP contribution < -0.4 is 0 Å². The Morgan fingerprint density at radius 2 is 2.09 bits per heavy atom. The SMILES string of the molecule is C=C(CS(=O)(=O)CC)N1CC1. The fourth-order valence-corrected chi connectivity index (χ4v) is 1.71. The van der Waals surface area contributed by atoms with Gasteiger partial charge in [-0.05, 0) is 0 Å². The summed E-state index contributed by atoms with van der Waals surface area (Å²) in [6.07, 6.45) is 0. The summed E-state index contributed by atoms with van der Waals surface area (Å²) in [7, 11) is -2.86. The quantitative estimate of drug-likeness (QED) is 0.575. The van der Waals surface area contributed by atoms with E-state index in [0.29, 0.717) is 0 Å². The average molecular weight is 175 g/mol. The normalized spacial score (nSPS) is 16.6. The zero-order valence-corrected chi connectivity index (χ0v) is 7.52. The molecule has 1 aliphatic rings. The van der Waals surface area contributed by atoms with Crippen molar-refractivity contribution in [3.05, 3.63) is 12.3 Å². The second-order valence-corrected chi connectivity index (χ2v) is 5.08. The topological polar surface area (TPSA) is 37.1 Å². The zero-order valence-electron chi connectivity index (χ0n) is 6.71. The van der Waals surface area contributed by atoms with Crippen LogP contribution in [0.4, 0.5) is 0 Å². The Morgan fingerprint density at radius 3 is 2.45 bits per heavy atom. The maximum Gasteiger partial charge on any atom is 0.155 e. The van der Waals surface area contributed by atoms with Gasteiger partial charge in [0.2, 0.25) is 0 Å². The monoisotopic (exact) mass is 175 g/mol. The minimum Gasteiger partial charge on any atom is -0.371 e. The summed E-state index contributed by atoms with van der Waals surface area (Å²) in [5.41, 5.74) is 0.742. The van der Waals surface area contributed by atoms with Crippen molar-refractivity contribution in [2.45, 2.75) is 6.92 Å². The molecule has 0 aliphatic carbocycles. The van der Waals surface area contributed by atoms with E-state index >= 15 is 0 Å². The van der Waals surface area contributed by atoms with Gasteiger partial charge in [-0.15, -0.1) is 0 Å². The molecule has 1 heterocycles. The third kappa shape index (κ3) is 2.54. The van der Waals surface area contributed by atoms with Gasteiger partial charge in [0.15, 0.2) is 9.84 Å². The maximum absolute atomic E-state index is 11.1. The summed E-state index contributed by atoms with van der Waals surface area (Å²) < 4.78 is 22.1. The van der Waals surface area contributed by atoms with Gasteiger partial charge in [-0.25, -0.2) is 8.42 Å². The maximum atomic E-state index is 11.1. The summed E-state index contributed by atoms with van der Waals surface area (Å²) in [6, 6.07) is 0. The van der Waals surface area contributed by atoms with Crippen LogP contribution in [0.5, 0.6) is 0 Å². The number of rotatable bonds is 4. The highest BCUT2D eigenvalue weighted by atomic mass is 32.2. The molecule has 0 saturated carbocycles. The number of nitrogens with zero attached hydrogens (tertiary/aromatic N) is 1. The van der Waals surface area contributed by atoms with Gasteiger partial charge in [0.25, 0.3) is 0 Å². The van der Waals surface area contributed by atoms with Crippen LogP contribution in [-0.4, -0.2) is 37.9 Å². The van der Waals surface area contributed by atoms with E-state index in [4.69, 9.17) is 0 Å². The lowest BCUT2D eigenvalue weighted by molar-refractivity contribution is 0.593. The third-order valence-electron chi connectivity index (χ3n) is 1.72. The largest absolute Gasteiger partial charge is 0.371 e. The average Bonchev–Trinajstić information content (AvgIpc) is 2.67. The van der Waals surface area contributed by atoms with Crippen LogP contribution in [0.3, 0.4) is 0 Å². The molecular weight excluding hydrogens is 162 g/mol. The first-order valence-corrected chi connectivity index (χ1v) is 5.50. The highest BCUT2D eigenvalue weighted by Gasteiger charge is 2.22. The van der Waals surface area contributed by atoms with Crippen LogP contribution in [-0.2, 0) is 9.84 Å². The van der Waals surface area contributed by atoms with Gasteiger partial charge in [-0.1, -0.05) is 13.5 Å². The van der Waals surface area contributed by atoms with Crippen LogP contribution in [0, 0.1) is 0 Å². The van der Waals surface area contributed by atoms with Gasteiger partial charge in [0.05, 0.1) is 5.75 Å². The van der Waals surface area contributed by atoms with Crippen molar-refractivity contribution in [1.82, 2.24) is 4.90 Å². The van der Waals surface area contributed by atoms with Crippen LogP contribution in [0.15, 0.2) is 12.3 Å². The molecule has 0 bridgehead atoms. The summed E-state index contributed by atoms with van der Waals surface area (Å²) >= 11 is 0. The van der Waals surface area contributed by atoms with Crippen molar-refractivity contribution in [3.8, 4) is 0 Å². The Morgan fingerprint density at radius 1 is 1.55 bits per heavy atom.